The molecule has 2 aromatic heterocycles. The third kappa shape index (κ3) is 2.91. The van der Waals surface area contributed by atoms with Gasteiger partial charge < -0.3 is 9.47 Å². The first-order chi connectivity index (χ1) is 14.1. The molecule has 5 rings (SSSR count). The smallest absolute Gasteiger partial charge is 0.160 e. The summed E-state index contributed by atoms with van der Waals surface area (Å²) in [5, 5.41) is 1.74. The van der Waals surface area contributed by atoms with Crippen molar-refractivity contribution in [1.29, 1.82) is 0 Å². The molecule has 0 spiro atoms. The molecule has 1 aromatic carbocycles. The highest BCUT2D eigenvalue weighted by molar-refractivity contribution is 8.14. The Balaban J connectivity index is 1.67. The van der Waals surface area contributed by atoms with Gasteiger partial charge in [0.25, 0.3) is 0 Å². The molecule has 0 unspecified atom stereocenters. The van der Waals surface area contributed by atoms with Crippen LogP contribution in [0.25, 0.3) is 5.69 Å². The van der Waals surface area contributed by atoms with E-state index in [1.165, 1.54) is 33.4 Å². The summed E-state index contributed by atoms with van der Waals surface area (Å²) in [6.07, 6.45) is 1.88. The summed E-state index contributed by atoms with van der Waals surface area (Å²) in [7, 11) is 0. The Labute approximate surface area is 176 Å². The lowest BCUT2D eigenvalue weighted by Crippen LogP contribution is -2.29. The molecule has 1 fully saturated rings. The van der Waals surface area contributed by atoms with E-state index in [9.17, 15) is 0 Å². The van der Waals surface area contributed by atoms with E-state index in [4.69, 9.17) is 4.99 Å². The molecule has 2 aliphatic heterocycles. The van der Waals surface area contributed by atoms with Crippen LogP contribution in [0.5, 0.6) is 0 Å². The molecule has 1 saturated heterocycles. The Morgan fingerprint density at radius 2 is 1.72 bits per heavy atom. The van der Waals surface area contributed by atoms with E-state index in [1.807, 2.05) is 24.0 Å². The standard InChI is InChI=1S/C24H26N4S/c1-15-14-27-23(22(26-24(27)29-15)20-12-8-9-13-25-20)21-16(2)17(3)28(18(21)4)19-10-6-5-7-11-19/h5-13,15,22-23H,14H2,1-4H3/t15-,22-,23-/m0/s1. The van der Waals surface area contributed by atoms with Crippen LogP contribution in [0.3, 0.4) is 0 Å². The molecule has 5 heteroatoms. The zero-order valence-electron chi connectivity index (χ0n) is 17.3. The zero-order chi connectivity index (χ0) is 20.1. The molecule has 29 heavy (non-hydrogen) atoms. The summed E-state index contributed by atoms with van der Waals surface area (Å²) in [4.78, 5) is 12.3. The van der Waals surface area contributed by atoms with Crippen molar-refractivity contribution < 1.29 is 0 Å². The number of amidine groups is 1. The van der Waals surface area contributed by atoms with Crippen molar-refractivity contribution in [2.24, 2.45) is 4.99 Å². The highest BCUT2D eigenvalue weighted by Gasteiger charge is 2.45. The van der Waals surface area contributed by atoms with Gasteiger partial charge in [0.2, 0.25) is 0 Å². The molecule has 0 amide bonds. The Kier molecular flexibility index (Phi) is 4.50. The van der Waals surface area contributed by atoms with Gasteiger partial charge in [0.15, 0.2) is 5.17 Å². The topological polar surface area (TPSA) is 33.4 Å². The van der Waals surface area contributed by atoms with Crippen LogP contribution in [-0.4, -0.2) is 31.4 Å². The van der Waals surface area contributed by atoms with Crippen molar-refractivity contribution in [1.82, 2.24) is 14.5 Å². The summed E-state index contributed by atoms with van der Waals surface area (Å²) >= 11 is 1.89. The fourth-order valence-electron chi connectivity index (χ4n) is 4.84. The summed E-state index contributed by atoms with van der Waals surface area (Å²) in [5.74, 6) is 0. The molecule has 148 valence electrons. The number of pyridine rings is 1. The van der Waals surface area contributed by atoms with Crippen LogP contribution in [0.4, 0.5) is 0 Å². The Morgan fingerprint density at radius 3 is 2.45 bits per heavy atom. The van der Waals surface area contributed by atoms with Crippen LogP contribution < -0.4 is 0 Å². The van der Waals surface area contributed by atoms with E-state index >= 15 is 0 Å². The van der Waals surface area contributed by atoms with Gasteiger partial charge in [-0.1, -0.05) is 43.0 Å². The molecule has 0 aliphatic carbocycles. The summed E-state index contributed by atoms with van der Waals surface area (Å²) in [6.45, 7) is 10.1. The normalized spacial score (nSPS) is 23.4. The average Bonchev–Trinajstić information content (AvgIpc) is 3.33. The Morgan fingerprint density at radius 1 is 0.966 bits per heavy atom. The predicted molar refractivity (Wildman–Crippen MR) is 121 cm³/mol. The lowest BCUT2D eigenvalue weighted by molar-refractivity contribution is 0.319. The van der Waals surface area contributed by atoms with Crippen LogP contribution in [0, 0.1) is 20.8 Å². The lowest BCUT2D eigenvalue weighted by Gasteiger charge is -2.28. The fraction of sp³-hybridized carbons (Fsp3) is 0.333. The van der Waals surface area contributed by atoms with E-state index in [0.29, 0.717) is 5.25 Å². The number of hydrogen-bond donors (Lipinski definition) is 0. The Bertz CT molecular complexity index is 1070. The maximum Gasteiger partial charge on any atom is 0.160 e. The minimum atomic E-state index is 0.0367. The molecular formula is C24H26N4S. The van der Waals surface area contributed by atoms with Crippen molar-refractivity contribution in [3.63, 3.8) is 0 Å². The van der Waals surface area contributed by atoms with E-state index in [1.54, 1.807) is 0 Å². The second-order valence-electron chi connectivity index (χ2n) is 8.02. The number of benzene rings is 1. The zero-order valence-corrected chi connectivity index (χ0v) is 18.1. The van der Waals surface area contributed by atoms with E-state index in [-0.39, 0.29) is 12.1 Å². The van der Waals surface area contributed by atoms with Crippen molar-refractivity contribution >= 4 is 16.9 Å². The van der Waals surface area contributed by atoms with Gasteiger partial charge in [0.1, 0.15) is 6.04 Å². The first-order valence-corrected chi connectivity index (χ1v) is 11.1. The summed E-state index contributed by atoms with van der Waals surface area (Å²) in [6, 6.07) is 17.0. The van der Waals surface area contributed by atoms with Crippen LogP contribution >= 0.6 is 11.8 Å². The molecular weight excluding hydrogens is 376 g/mol. The first-order valence-electron chi connectivity index (χ1n) is 10.2. The van der Waals surface area contributed by atoms with Gasteiger partial charge in [0, 0.05) is 40.6 Å². The molecule has 0 N–H and O–H groups in total. The SMILES string of the molecule is Cc1c([C@H]2[C@H](c3ccccn3)N=C3S[C@@H](C)CN32)c(C)n(-c2ccccc2)c1C. The van der Waals surface area contributed by atoms with Crippen LogP contribution in [0.2, 0.25) is 0 Å². The largest absolute Gasteiger partial charge is 0.341 e. The van der Waals surface area contributed by atoms with Crippen molar-refractivity contribution in [3.05, 3.63) is 82.9 Å². The van der Waals surface area contributed by atoms with Crippen LogP contribution in [-0.2, 0) is 0 Å². The van der Waals surface area contributed by atoms with E-state index < -0.39 is 0 Å². The number of aliphatic imine (C=N–C) groups is 1. The number of thioether (sulfide) groups is 1. The monoisotopic (exact) mass is 402 g/mol. The summed E-state index contributed by atoms with van der Waals surface area (Å²) in [5.41, 5.74) is 7.63. The van der Waals surface area contributed by atoms with E-state index in [0.717, 1.165) is 12.2 Å². The number of hydrogen-bond acceptors (Lipinski definition) is 4. The van der Waals surface area contributed by atoms with Gasteiger partial charge in [-0.25, -0.2) is 0 Å². The van der Waals surface area contributed by atoms with Crippen molar-refractivity contribution in [3.8, 4) is 5.69 Å². The quantitative estimate of drug-likeness (QED) is 0.589. The van der Waals surface area contributed by atoms with Crippen LogP contribution in [0.1, 0.15) is 47.2 Å². The summed E-state index contributed by atoms with van der Waals surface area (Å²) < 4.78 is 2.39. The predicted octanol–water partition coefficient (Wildman–Crippen LogP) is 5.39. The number of nitrogens with zero attached hydrogens (tertiary/aromatic N) is 4. The third-order valence-corrected chi connectivity index (χ3v) is 7.30. The maximum atomic E-state index is 5.16. The van der Waals surface area contributed by atoms with Gasteiger partial charge in [-0.05, 0) is 50.6 Å². The number of aromatic nitrogens is 2. The molecule has 4 nitrogen and oxygen atoms in total. The van der Waals surface area contributed by atoms with Gasteiger partial charge in [-0.15, -0.1) is 0 Å². The fourth-order valence-corrected chi connectivity index (χ4v) is 5.93. The molecule has 3 atom stereocenters. The Hall–Kier alpha value is -2.53. The first kappa shape index (κ1) is 18.5. The van der Waals surface area contributed by atoms with Crippen molar-refractivity contribution in [2.45, 2.75) is 45.0 Å². The lowest BCUT2D eigenvalue weighted by atomic mass is 9.93. The highest BCUT2D eigenvalue weighted by Crippen LogP contribution is 2.50. The molecule has 3 aromatic rings. The molecule has 0 radical (unpaired) electrons. The minimum absolute atomic E-state index is 0.0367. The number of para-hydroxylation sites is 1. The number of rotatable bonds is 3. The molecule has 0 saturated carbocycles. The number of fused-ring (bicyclic) bond motifs is 1. The van der Waals surface area contributed by atoms with Gasteiger partial charge >= 0.3 is 0 Å². The van der Waals surface area contributed by atoms with Crippen molar-refractivity contribution in [2.75, 3.05) is 6.54 Å². The third-order valence-electron chi connectivity index (χ3n) is 6.20. The van der Waals surface area contributed by atoms with Crippen LogP contribution in [0.15, 0.2) is 59.7 Å². The molecule has 0 bridgehead atoms. The van der Waals surface area contributed by atoms with Gasteiger partial charge in [-0.2, -0.15) is 0 Å². The minimum Gasteiger partial charge on any atom is -0.341 e. The molecule has 4 heterocycles. The highest BCUT2D eigenvalue weighted by atomic mass is 32.2. The molecule has 2 aliphatic rings. The van der Waals surface area contributed by atoms with E-state index in [2.05, 4.69) is 84.6 Å². The second-order valence-corrected chi connectivity index (χ2v) is 9.42. The second kappa shape index (κ2) is 7.06. The van der Waals surface area contributed by atoms with Gasteiger partial charge in [0.05, 0.1) is 11.7 Å². The maximum absolute atomic E-state index is 5.16. The average molecular weight is 403 g/mol. The van der Waals surface area contributed by atoms with Gasteiger partial charge in [-0.3, -0.25) is 9.98 Å².